The third kappa shape index (κ3) is 4.16. The number of hydrogen-bond donors (Lipinski definition) is 0. The molecule has 3 heterocycles. The topological polar surface area (TPSA) is 89.3 Å². The monoisotopic (exact) mass is 407 g/mol. The Kier molecular flexibility index (Phi) is 5.71. The lowest BCUT2D eigenvalue weighted by atomic mass is 10.1. The number of hydrogen-bond acceptors (Lipinski definition) is 7. The first-order valence-electron chi connectivity index (χ1n) is 10.1. The average Bonchev–Trinajstić information content (AvgIpc) is 3.16. The van der Waals surface area contributed by atoms with E-state index in [0.717, 1.165) is 17.7 Å². The fourth-order valence-electron chi connectivity index (χ4n) is 3.52. The SMILES string of the molecule is CCc1ccc(-n2nccn2)c(C(=O)N2CCON(c3cc(C)nc(C)n3)CC2)c1. The Balaban J connectivity index is 1.57. The predicted molar refractivity (Wildman–Crippen MR) is 111 cm³/mol. The maximum Gasteiger partial charge on any atom is 0.256 e. The van der Waals surface area contributed by atoms with Gasteiger partial charge in [0.2, 0.25) is 0 Å². The van der Waals surface area contributed by atoms with Gasteiger partial charge in [-0.2, -0.15) is 15.0 Å². The van der Waals surface area contributed by atoms with E-state index in [4.69, 9.17) is 4.84 Å². The van der Waals surface area contributed by atoms with Gasteiger partial charge in [0.25, 0.3) is 5.91 Å². The van der Waals surface area contributed by atoms with Gasteiger partial charge in [-0.15, -0.1) is 0 Å². The van der Waals surface area contributed by atoms with Crippen molar-refractivity contribution in [2.75, 3.05) is 31.3 Å². The van der Waals surface area contributed by atoms with E-state index in [1.165, 1.54) is 4.80 Å². The Morgan fingerprint density at radius 1 is 1.07 bits per heavy atom. The Labute approximate surface area is 175 Å². The normalized spacial score (nSPS) is 14.6. The Morgan fingerprint density at radius 2 is 1.87 bits per heavy atom. The van der Waals surface area contributed by atoms with E-state index >= 15 is 0 Å². The first-order chi connectivity index (χ1) is 14.5. The standard InChI is InChI=1S/C21H25N7O2/c1-4-17-5-6-19(28-22-7-8-23-28)18(14-17)21(29)26-9-10-27(30-12-11-26)20-13-15(2)24-16(3)25-20/h5-8,13-14H,4,9-12H2,1-3H3. The van der Waals surface area contributed by atoms with Crippen molar-refractivity contribution >= 4 is 11.7 Å². The van der Waals surface area contributed by atoms with Crippen LogP contribution in [0.1, 0.15) is 34.4 Å². The molecule has 0 spiro atoms. The van der Waals surface area contributed by atoms with Gasteiger partial charge in [-0.1, -0.05) is 13.0 Å². The van der Waals surface area contributed by atoms with Gasteiger partial charge >= 0.3 is 0 Å². The smallest absolute Gasteiger partial charge is 0.256 e. The number of carbonyl (C=O) groups is 1. The van der Waals surface area contributed by atoms with Gasteiger partial charge < -0.3 is 4.90 Å². The summed E-state index contributed by atoms with van der Waals surface area (Å²) in [7, 11) is 0. The Bertz CT molecular complexity index is 1020. The predicted octanol–water partition coefficient (Wildman–Crippen LogP) is 2.13. The maximum atomic E-state index is 13.4. The molecule has 1 aliphatic rings. The van der Waals surface area contributed by atoms with E-state index in [9.17, 15) is 4.79 Å². The van der Waals surface area contributed by atoms with Crippen molar-refractivity contribution < 1.29 is 9.63 Å². The molecule has 9 nitrogen and oxygen atoms in total. The number of rotatable bonds is 4. The summed E-state index contributed by atoms with van der Waals surface area (Å²) in [5.41, 5.74) is 3.24. The van der Waals surface area contributed by atoms with Crippen LogP contribution in [0.2, 0.25) is 0 Å². The third-order valence-corrected chi connectivity index (χ3v) is 5.01. The lowest BCUT2D eigenvalue weighted by Gasteiger charge is -2.22. The maximum absolute atomic E-state index is 13.4. The van der Waals surface area contributed by atoms with E-state index in [0.29, 0.717) is 49.1 Å². The minimum Gasteiger partial charge on any atom is -0.334 e. The largest absolute Gasteiger partial charge is 0.334 e. The molecule has 156 valence electrons. The Hall–Kier alpha value is -3.33. The fourth-order valence-corrected chi connectivity index (χ4v) is 3.52. The van der Waals surface area contributed by atoms with Gasteiger partial charge in [-0.3, -0.25) is 9.63 Å². The fraction of sp³-hybridized carbons (Fsp3) is 0.381. The van der Waals surface area contributed by atoms with Crippen molar-refractivity contribution in [3.05, 3.63) is 59.3 Å². The van der Waals surface area contributed by atoms with Crippen LogP contribution in [0.4, 0.5) is 5.82 Å². The first-order valence-corrected chi connectivity index (χ1v) is 10.1. The molecule has 1 fully saturated rings. The van der Waals surface area contributed by atoms with Gasteiger partial charge in [0.05, 0.1) is 36.8 Å². The van der Waals surface area contributed by atoms with Crippen LogP contribution in [0.25, 0.3) is 5.69 Å². The second-order valence-corrected chi connectivity index (χ2v) is 7.17. The van der Waals surface area contributed by atoms with Crippen molar-refractivity contribution in [1.82, 2.24) is 29.9 Å². The molecule has 2 aromatic heterocycles. The molecular weight excluding hydrogens is 382 g/mol. The van der Waals surface area contributed by atoms with E-state index < -0.39 is 0 Å². The second kappa shape index (κ2) is 8.58. The zero-order valence-electron chi connectivity index (χ0n) is 17.4. The number of amides is 1. The number of aromatic nitrogens is 5. The molecule has 0 saturated carbocycles. The first kappa shape index (κ1) is 20.0. The van der Waals surface area contributed by atoms with Crippen molar-refractivity contribution in [2.24, 2.45) is 0 Å². The molecule has 9 heteroatoms. The molecule has 1 aromatic carbocycles. The van der Waals surface area contributed by atoms with Crippen LogP contribution in [0.15, 0.2) is 36.7 Å². The van der Waals surface area contributed by atoms with Gasteiger partial charge in [0.15, 0.2) is 5.82 Å². The van der Waals surface area contributed by atoms with Crippen LogP contribution in [-0.4, -0.2) is 62.0 Å². The number of anilines is 1. The second-order valence-electron chi connectivity index (χ2n) is 7.17. The van der Waals surface area contributed by atoms with Crippen LogP contribution in [0.3, 0.4) is 0 Å². The quantitative estimate of drug-likeness (QED) is 0.654. The summed E-state index contributed by atoms with van der Waals surface area (Å²) in [4.78, 5) is 31.4. The third-order valence-electron chi connectivity index (χ3n) is 5.01. The summed E-state index contributed by atoms with van der Waals surface area (Å²) in [6.07, 6.45) is 4.05. The number of nitrogens with zero attached hydrogens (tertiary/aromatic N) is 7. The van der Waals surface area contributed by atoms with Crippen molar-refractivity contribution in [3.63, 3.8) is 0 Å². The lowest BCUT2D eigenvalue weighted by Crippen LogP contribution is -2.36. The highest BCUT2D eigenvalue weighted by molar-refractivity contribution is 5.98. The molecule has 1 saturated heterocycles. The Morgan fingerprint density at radius 3 is 2.60 bits per heavy atom. The van der Waals surface area contributed by atoms with E-state index in [-0.39, 0.29) is 5.91 Å². The molecule has 4 rings (SSSR count). The molecule has 0 unspecified atom stereocenters. The molecule has 0 radical (unpaired) electrons. The van der Waals surface area contributed by atoms with E-state index in [2.05, 4.69) is 27.1 Å². The minimum absolute atomic E-state index is 0.0573. The van der Waals surface area contributed by atoms with Crippen LogP contribution >= 0.6 is 0 Å². The van der Waals surface area contributed by atoms with E-state index in [1.807, 2.05) is 43.0 Å². The van der Waals surface area contributed by atoms with Crippen molar-refractivity contribution in [3.8, 4) is 5.69 Å². The molecular formula is C21H25N7O2. The van der Waals surface area contributed by atoms with Crippen LogP contribution < -0.4 is 5.06 Å². The molecule has 1 amide bonds. The van der Waals surface area contributed by atoms with Gasteiger partial charge in [0, 0.05) is 24.8 Å². The van der Waals surface area contributed by atoms with Gasteiger partial charge in [-0.05, 0) is 38.0 Å². The molecule has 1 aliphatic heterocycles. The summed E-state index contributed by atoms with van der Waals surface area (Å²) in [5, 5.41) is 10.2. The number of aryl methyl sites for hydroxylation is 3. The summed E-state index contributed by atoms with van der Waals surface area (Å²) >= 11 is 0. The summed E-state index contributed by atoms with van der Waals surface area (Å²) in [6.45, 7) is 7.76. The molecule has 0 N–H and O–H groups in total. The zero-order chi connectivity index (χ0) is 21.1. The molecule has 0 atom stereocenters. The van der Waals surface area contributed by atoms with Crippen LogP contribution in [0.5, 0.6) is 0 Å². The number of benzene rings is 1. The van der Waals surface area contributed by atoms with Gasteiger partial charge in [0.1, 0.15) is 5.82 Å². The molecule has 0 bridgehead atoms. The van der Waals surface area contributed by atoms with Gasteiger partial charge in [-0.25, -0.2) is 15.0 Å². The zero-order valence-corrected chi connectivity index (χ0v) is 17.4. The highest BCUT2D eigenvalue weighted by Gasteiger charge is 2.25. The highest BCUT2D eigenvalue weighted by atomic mass is 16.7. The summed E-state index contributed by atoms with van der Waals surface area (Å²) < 4.78 is 0. The molecule has 0 aliphatic carbocycles. The minimum atomic E-state index is -0.0573. The van der Waals surface area contributed by atoms with Crippen LogP contribution in [-0.2, 0) is 11.3 Å². The van der Waals surface area contributed by atoms with Crippen molar-refractivity contribution in [1.29, 1.82) is 0 Å². The molecule has 3 aromatic rings. The number of carbonyl (C=O) groups excluding carboxylic acids is 1. The van der Waals surface area contributed by atoms with Crippen molar-refractivity contribution in [2.45, 2.75) is 27.2 Å². The highest BCUT2D eigenvalue weighted by Crippen LogP contribution is 2.20. The average molecular weight is 407 g/mol. The number of hydroxylamine groups is 1. The summed E-state index contributed by atoms with van der Waals surface area (Å²) in [6, 6.07) is 7.72. The van der Waals surface area contributed by atoms with Crippen LogP contribution in [0, 0.1) is 13.8 Å². The van der Waals surface area contributed by atoms with E-state index in [1.54, 1.807) is 17.5 Å². The molecule has 30 heavy (non-hydrogen) atoms. The summed E-state index contributed by atoms with van der Waals surface area (Å²) in [5.74, 6) is 1.35. The lowest BCUT2D eigenvalue weighted by molar-refractivity contribution is 0.0730.